The number of hydrogen-bond acceptors (Lipinski definition) is 4. The second-order valence-corrected chi connectivity index (χ2v) is 8.68. The molecule has 1 aliphatic heterocycles. The highest BCUT2D eigenvalue weighted by Crippen LogP contribution is 2.31. The molecule has 1 aromatic carbocycles. The average molecular weight is 332 g/mol. The van der Waals surface area contributed by atoms with Gasteiger partial charge in [-0.2, -0.15) is 16.1 Å². The van der Waals surface area contributed by atoms with Crippen molar-refractivity contribution in [3.8, 4) is 0 Å². The zero-order valence-corrected chi connectivity index (χ0v) is 14.1. The van der Waals surface area contributed by atoms with Crippen LogP contribution in [-0.4, -0.2) is 36.3 Å². The summed E-state index contributed by atoms with van der Waals surface area (Å²) in [7, 11) is -3.71. The highest BCUT2D eigenvalue weighted by Gasteiger charge is 2.36. The van der Waals surface area contributed by atoms with Gasteiger partial charge < -0.3 is 5.73 Å². The van der Waals surface area contributed by atoms with Crippen LogP contribution in [-0.2, 0) is 16.6 Å². The molecule has 21 heavy (non-hydrogen) atoms. The molecule has 1 saturated heterocycles. The third-order valence-corrected chi connectivity index (χ3v) is 7.46. The Morgan fingerprint density at radius 2 is 2.10 bits per heavy atom. The van der Waals surface area contributed by atoms with Crippen LogP contribution < -0.4 is 5.73 Å². The van der Waals surface area contributed by atoms with E-state index in [9.17, 15) is 12.8 Å². The molecule has 2 unspecified atom stereocenters. The van der Waals surface area contributed by atoms with Gasteiger partial charge in [-0.05, 0) is 31.5 Å². The number of thioether (sulfide) groups is 1. The molecule has 0 radical (unpaired) electrons. The molecule has 7 heteroatoms. The minimum atomic E-state index is -3.71. The molecule has 0 aromatic heterocycles. The van der Waals surface area contributed by atoms with Gasteiger partial charge in [0.1, 0.15) is 5.82 Å². The fraction of sp³-hybridized carbons (Fsp3) is 0.571. The third-order valence-electron chi connectivity index (χ3n) is 4.00. The monoisotopic (exact) mass is 332 g/mol. The van der Waals surface area contributed by atoms with Crippen molar-refractivity contribution in [2.75, 3.05) is 12.3 Å². The standard InChI is InChI=1S/C14H21FN2O2S2/c1-9-13(15)6-12(8-16)7-14(9)21(18,19)17-4-5-20-11(3)10(17)2/h6-7,10-11H,4-5,8,16H2,1-3H3. The molecule has 2 rings (SSSR count). The lowest BCUT2D eigenvalue weighted by atomic mass is 10.1. The summed E-state index contributed by atoms with van der Waals surface area (Å²) < 4.78 is 41.2. The van der Waals surface area contributed by atoms with Gasteiger partial charge >= 0.3 is 0 Å². The first-order valence-corrected chi connectivity index (χ1v) is 9.40. The first kappa shape index (κ1) is 16.7. The second-order valence-electron chi connectivity index (χ2n) is 5.34. The topological polar surface area (TPSA) is 63.4 Å². The van der Waals surface area contributed by atoms with Crippen molar-refractivity contribution in [1.82, 2.24) is 4.31 Å². The predicted octanol–water partition coefficient (Wildman–Crippen LogP) is 2.11. The zero-order valence-electron chi connectivity index (χ0n) is 12.5. The fourth-order valence-corrected chi connectivity index (χ4v) is 5.75. The van der Waals surface area contributed by atoms with Crippen molar-refractivity contribution in [2.45, 2.75) is 43.5 Å². The van der Waals surface area contributed by atoms with E-state index in [-0.39, 0.29) is 28.3 Å². The summed E-state index contributed by atoms with van der Waals surface area (Å²) in [5.74, 6) is 0.228. The molecular weight excluding hydrogens is 311 g/mol. The van der Waals surface area contributed by atoms with Crippen LogP contribution in [0.4, 0.5) is 4.39 Å². The SMILES string of the molecule is Cc1c(F)cc(CN)cc1S(=O)(=O)N1CCSC(C)C1C. The average Bonchev–Trinajstić information content (AvgIpc) is 2.44. The van der Waals surface area contributed by atoms with Crippen molar-refractivity contribution >= 4 is 21.8 Å². The van der Waals surface area contributed by atoms with E-state index in [4.69, 9.17) is 5.73 Å². The number of nitrogens with two attached hydrogens (primary N) is 1. The number of nitrogens with zero attached hydrogens (tertiary/aromatic N) is 1. The Bertz CT molecular complexity index is 634. The van der Waals surface area contributed by atoms with E-state index in [1.54, 1.807) is 11.8 Å². The molecule has 1 aromatic rings. The third kappa shape index (κ3) is 3.11. The van der Waals surface area contributed by atoms with Gasteiger partial charge in [0.15, 0.2) is 0 Å². The van der Waals surface area contributed by atoms with Crippen LogP contribution in [0.5, 0.6) is 0 Å². The van der Waals surface area contributed by atoms with E-state index >= 15 is 0 Å². The Morgan fingerprint density at radius 1 is 1.43 bits per heavy atom. The summed E-state index contributed by atoms with van der Waals surface area (Å²) in [6.45, 7) is 5.97. The van der Waals surface area contributed by atoms with Crippen LogP contribution in [0.2, 0.25) is 0 Å². The second kappa shape index (κ2) is 6.24. The number of halogens is 1. The Hall–Kier alpha value is -0.630. The van der Waals surface area contributed by atoms with Gasteiger partial charge in [-0.25, -0.2) is 12.8 Å². The van der Waals surface area contributed by atoms with Crippen LogP contribution in [0.15, 0.2) is 17.0 Å². The Kier molecular flexibility index (Phi) is 4.97. The maximum Gasteiger partial charge on any atom is 0.243 e. The number of rotatable bonds is 3. The summed E-state index contributed by atoms with van der Waals surface area (Å²) in [4.78, 5) is 0.0360. The highest BCUT2D eigenvalue weighted by atomic mass is 32.2. The van der Waals surface area contributed by atoms with Gasteiger partial charge in [0.05, 0.1) is 4.90 Å². The maximum absolute atomic E-state index is 14.0. The van der Waals surface area contributed by atoms with Crippen molar-refractivity contribution in [3.05, 3.63) is 29.1 Å². The highest BCUT2D eigenvalue weighted by molar-refractivity contribution is 8.00. The molecule has 0 aliphatic carbocycles. The Morgan fingerprint density at radius 3 is 2.71 bits per heavy atom. The fourth-order valence-electron chi connectivity index (χ4n) is 2.46. The van der Waals surface area contributed by atoms with E-state index in [1.165, 1.54) is 23.4 Å². The number of hydrogen-bond donors (Lipinski definition) is 1. The molecular formula is C14H21FN2O2S2. The van der Waals surface area contributed by atoms with Crippen molar-refractivity contribution < 1.29 is 12.8 Å². The molecule has 118 valence electrons. The van der Waals surface area contributed by atoms with Crippen LogP contribution in [0.25, 0.3) is 0 Å². The molecule has 1 aliphatic rings. The van der Waals surface area contributed by atoms with Crippen molar-refractivity contribution in [1.29, 1.82) is 0 Å². The first-order chi connectivity index (χ1) is 9.78. The molecule has 4 nitrogen and oxygen atoms in total. The van der Waals surface area contributed by atoms with Crippen LogP contribution in [0.3, 0.4) is 0 Å². The normalized spacial score (nSPS) is 24.2. The minimum Gasteiger partial charge on any atom is -0.326 e. The molecule has 0 bridgehead atoms. The molecule has 1 heterocycles. The number of benzene rings is 1. The van der Waals surface area contributed by atoms with Gasteiger partial charge in [-0.3, -0.25) is 0 Å². The summed E-state index contributed by atoms with van der Waals surface area (Å²) in [6, 6.07) is 2.68. The van der Waals surface area contributed by atoms with Gasteiger partial charge in [-0.15, -0.1) is 0 Å². The van der Waals surface area contributed by atoms with Crippen LogP contribution in [0.1, 0.15) is 25.0 Å². The van der Waals surface area contributed by atoms with Gasteiger partial charge in [0, 0.05) is 35.7 Å². The van der Waals surface area contributed by atoms with E-state index < -0.39 is 15.8 Å². The van der Waals surface area contributed by atoms with E-state index in [1.807, 2.05) is 13.8 Å². The molecule has 0 saturated carbocycles. The lowest BCUT2D eigenvalue weighted by Crippen LogP contribution is -2.48. The number of sulfonamides is 1. The van der Waals surface area contributed by atoms with Gasteiger partial charge in [0.2, 0.25) is 10.0 Å². The zero-order chi connectivity index (χ0) is 15.8. The van der Waals surface area contributed by atoms with Crippen molar-refractivity contribution in [2.24, 2.45) is 5.73 Å². The molecule has 1 fully saturated rings. The van der Waals surface area contributed by atoms with E-state index in [0.29, 0.717) is 12.1 Å². The Labute approximate surface area is 129 Å². The summed E-state index contributed by atoms with van der Waals surface area (Å²) in [5.41, 5.74) is 6.18. The summed E-state index contributed by atoms with van der Waals surface area (Å²) in [5, 5.41) is 0.219. The lowest BCUT2D eigenvalue weighted by molar-refractivity contribution is 0.340. The van der Waals surface area contributed by atoms with Crippen LogP contribution in [0, 0.1) is 12.7 Å². The molecule has 0 spiro atoms. The van der Waals surface area contributed by atoms with Gasteiger partial charge in [-0.1, -0.05) is 6.92 Å². The predicted molar refractivity (Wildman–Crippen MR) is 84.3 cm³/mol. The lowest BCUT2D eigenvalue weighted by Gasteiger charge is -2.36. The quantitative estimate of drug-likeness (QED) is 0.921. The van der Waals surface area contributed by atoms with E-state index in [2.05, 4.69) is 0 Å². The maximum atomic E-state index is 14.0. The largest absolute Gasteiger partial charge is 0.326 e. The molecule has 0 amide bonds. The smallest absolute Gasteiger partial charge is 0.243 e. The summed E-state index contributed by atoms with van der Waals surface area (Å²) >= 11 is 1.76. The van der Waals surface area contributed by atoms with E-state index in [0.717, 1.165) is 5.75 Å². The molecule has 2 N–H and O–H groups in total. The van der Waals surface area contributed by atoms with Gasteiger partial charge in [0.25, 0.3) is 0 Å². The van der Waals surface area contributed by atoms with Crippen LogP contribution >= 0.6 is 11.8 Å². The summed E-state index contributed by atoms with van der Waals surface area (Å²) in [6.07, 6.45) is 0. The Balaban J connectivity index is 2.51. The molecule has 2 atom stereocenters. The van der Waals surface area contributed by atoms with Crippen molar-refractivity contribution in [3.63, 3.8) is 0 Å². The minimum absolute atomic E-state index is 0.0360. The first-order valence-electron chi connectivity index (χ1n) is 6.91.